The Kier molecular flexibility index (Phi) is 5.73. The lowest BCUT2D eigenvalue weighted by Crippen LogP contribution is -2.27. The van der Waals surface area contributed by atoms with Gasteiger partial charge in [-0.2, -0.15) is 4.98 Å². The molecular formula is C26H24N8O3. The van der Waals surface area contributed by atoms with Crippen LogP contribution in [0.25, 0.3) is 22.4 Å². The van der Waals surface area contributed by atoms with Crippen LogP contribution in [-0.2, 0) is 6.54 Å². The van der Waals surface area contributed by atoms with Gasteiger partial charge in [0.2, 0.25) is 12.3 Å². The Morgan fingerprint density at radius 1 is 1.22 bits per heavy atom. The number of fused-ring (bicyclic) bond motifs is 3. The second-order valence-corrected chi connectivity index (χ2v) is 8.75. The van der Waals surface area contributed by atoms with E-state index in [-0.39, 0.29) is 24.1 Å². The summed E-state index contributed by atoms with van der Waals surface area (Å²) >= 11 is 0. The highest BCUT2D eigenvalue weighted by Gasteiger charge is 2.20. The van der Waals surface area contributed by atoms with Crippen molar-refractivity contribution >= 4 is 28.4 Å². The summed E-state index contributed by atoms with van der Waals surface area (Å²) in [6.07, 6.45) is 6.91. The summed E-state index contributed by atoms with van der Waals surface area (Å²) in [6, 6.07) is 14.7. The second kappa shape index (κ2) is 9.36. The smallest absolute Gasteiger partial charge is 0.275 e. The maximum Gasteiger partial charge on any atom is 0.275 e. The maximum absolute atomic E-state index is 12.9. The number of nitrogens with one attached hydrogen (secondary N) is 2. The predicted octanol–water partition coefficient (Wildman–Crippen LogP) is 3.66. The minimum absolute atomic E-state index is 0.0108. The number of rotatable bonds is 7. The zero-order chi connectivity index (χ0) is 25.4. The van der Waals surface area contributed by atoms with E-state index in [1.807, 2.05) is 66.2 Å². The van der Waals surface area contributed by atoms with Crippen molar-refractivity contribution in [2.45, 2.75) is 25.6 Å². The molecule has 0 spiro atoms. The van der Waals surface area contributed by atoms with Crippen LogP contribution < -0.4 is 16.2 Å². The van der Waals surface area contributed by atoms with E-state index in [4.69, 9.17) is 4.42 Å². The molecule has 1 aliphatic rings. The fourth-order valence-electron chi connectivity index (χ4n) is 4.60. The summed E-state index contributed by atoms with van der Waals surface area (Å²) in [5, 5.41) is 25.0. The first-order valence-electron chi connectivity index (χ1n) is 11.9. The third-order valence-corrected chi connectivity index (χ3v) is 6.38. The summed E-state index contributed by atoms with van der Waals surface area (Å²) in [7, 11) is 0. The van der Waals surface area contributed by atoms with Gasteiger partial charge in [-0.05, 0) is 30.7 Å². The largest absolute Gasteiger partial charge is 0.423 e. The van der Waals surface area contributed by atoms with Gasteiger partial charge in [-0.1, -0.05) is 42.5 Å². The van der Waals surface area contributed by atoms with Gasteiger partial charge in [0, 0.05) is 11.9 Å². The van der Waals surface area contributed by atoms with Gasteiger partial charge >= 0.3 is 0 Å². The molecule has 5 aromatic rings. The molecule has 0 bridgehead atoms. The van der Waals surface area contributed by atoms with E-state index < -0.39 is 6.04 Å². The molecule has 37 heavy (non-hydrogen) atoms. The molecule has 11 heteroatoms. The van der Waals surface area contributed by atoms with Gasteiger partial charge in [0.25, 0.3) is 11.4 Å². The van der Waals surface area contributed by atoms with Crippen LogP contribution in [-0.4, -0.2) is 41.2 Å². The van der Waals surface area contributed by atoms with Crippen LogP contribution in [0, 0.1) is 0 Å². The van der Waals surface area contributed by atoms with Gasteiger partial charge in [0.05, 0.1) is 41.7 Å². The molecule has 11 nitrogen and oxygen atoms in total. The fraction of sp³-hybridized carbons (Fsp3) is 0.192. The molecule has 0 saturated carbocycles. The molecule has 4 heterocycles. The standard InChI is InChI=1S/C26H24N8O3/c1-16-6-5-11-33-22-12-18(9-10-19(22)25(36)34(16)33)29-26-27-13-20(24-32-28-15-37-24)23(31-26)30-21(14-35)17-7-3-2-4-8-17/h2-10,12-13,15-16,21,35H,11,14H2,1H3,(H2,27,29,30,31)/t16?,21-/m1/s1. The average Bonchev–Trinajstić information content (AvgIpc) is 3.56. The molecule has 0 amide bonds. The topological polar surface area (TPSA) is 136 Å². The van der Waals surface area contributed by atoms with E-state index in [0.29, 0.717) is 29.3 Å². The van der Waals surface area contributed by atoms with Gasteiger partial charge in [-0.15, -0.1) is 10.2 Å². The Morgan fingerprint density at radius 2 is 2.08 bits per heavy atom. The Labute approximate surface area is 211 Å². The van der Waals surface area contributed by atoms with Gasteiger partial charge in [0.1, 0.15) is 5.82 Å². The summed E-state index contributed by atoms with van der Waals surface area (Å²) in [4.78, 5) is 22.0. The lowest BCUT2D eigenvalue weighted by molar-refractivity contribution is 0.276. The monoisotopic (exact) mass is 496 g/mol. The van der Waals surface area contributed by atoms with Crippen LogP contribution in [0.5, 0.6) is 0 Å². The number of nitrogens with zero attached hydrogens (tertiary/aromatic N) is 6. The van der Waals surface area contributed by atoms with Gasteiger partial charge in [0.15, 0.2) is 0 Å². The molecule has 0 aliphatic carbocycles. The van der Waals surface area contributed by atoms with Crippen LogP contribution >= 0.6 is 0 Å². The number of hydrogen-bond acceptors (Lipinski definition) is 9. The lowest BCUT2D eigenvalue weighted by atomic mass is 10.1. The van der Waals surface area contributed by atoms with Crippen LogP contribution in [0.2, 0.25) is 0 Å². The molecule has 186 valence electrons. The number of aliphatic hydroxyl groups is 1. The molecule has 2 aromatic carbocycles. The second-order valence-electron chi connectivity index (χ2n) is 8.75. The van der Waals surface area contributed by atoms with Crippen LogP contribution in [0.1, 0.15) is 24.6 Å². The van der Waals surface area contributed by atoms with Crippen molar-refractivity contribution in [1.29, 1.82) is 0 Å². The first kappa shape index (κ1) is 22.7. The molecule has 1 unspecified atom stereocenters. The van der Waals surface area contributed by atoms with Crippen LogP contribution in [0.15, 0.2) is 82.5 Å². The van der Waals surface area contributed by atoms with Gasteiger partial charge < -0.3 is 20.2 Å². The molecular weight excluding hydrogens is 472 g/mol. The van der Waals surface area contributed by atoms with Crippen molar-refractivity contribution in [3.8, 4) is 11.5 Å². The Bertz CT molecular complexity index is 1640. The van der Waals surface area contributed by atoms with Crippen molar-refractivity contribution in [2.24, 2.45) is 0 Å². The minimum Gasteiger partial charge on any atom is -0.423 e. The number of allylic oxidation sites excluding steroid dienone is 2. The highest BCUT2D eigenvalue weighted by atomic mass is 16.4. The van der Waals surface area contributed by atoms with E-state index in [2.05, 4.69) is 36.9 Å². The number of benzene rings is 2. The predicted molar refractivity (Wildman–Crippen MR) is 139 cm³/mol. The van der Waals surface area contributed by atoms with Crippen molar-refractivity contribution < 1.29 is 9.52 Å². The van der Waals surface area contributed by atoms with E-state index in [1.54, 1.807) is 10.9 Å². The quantitative estimate of drug-likeness (QED) is 0.288. The average molecular weight is 497 g/mol. The zero-order valence-electron chi connectivity index (χ0n) is 19.9. The van der Waals surface area contributed by atoms with Crippen LogP contribution in [0.4, 0.5) is 17.5 Å². The fourth-order valence-corrected chi connectivity index (χ4v) is 4.60. The first-order chi connectivity index (χ1) is 18.1. The summed E-state index contributed by atoms with van der Waals surface area (Å²) < 4.78 is 9.13. The minimum atomic E-state index is -0.420. The van der Waals surface area contributed by atoms with Crippen molar-refractivity contribution in [3.63, 3.8) is 0 Å². The highest BCUT2D eigenvalue weighted by Crippen LogP contribution is 2.30. The van der Waals surface area contributed by atoms with E-state index in [0.717, 1.165) is 16.8 Å². The summed E-state index contributed by atoms with van der Waals surface area (Å²) in [6.45, 7) is 2.46. The Balaban J connectivity index is 1.36. The Morgan fingerprint density at radius 3 is 2.86 bits per heavy atom. The SMILES string of the molecule is CC1C=CCn2c3cc(Nc4ncc(-c5nnco5)c(N[C@H](CO)c5ccccc5)n4)ccc3c(=O)n21. The summed E-state index contributed by atoms with van der Waals surface area (Å²) in [5.41, 5.74) is 2.94. The highest BCUT2D eigenvalue weighted by molar-refractivity contribution is 5.83. The molecule has 0 saturated heterocycles. The van der Waals surface area contributed by atoms with Gasteiger partial charge in [-0.3, -0.25) is 9.48 Å². The summed E-state index contributed by atoms with van der Waals surface area (Å²) in [5.74, 6) is 0.993. The van der Waals surface area contributed by atoms with Crippen molar-refractivity contribution in [3.05, 3.63) is 89.2 Å². The van der Waals surface area contributed by atoms with Crippen molar-refractivity contribution in [2.75, 3.05) is 17.2 Å². The van der Waals surface area contributed by atoms with E-state index in [1.165, 1.54) is 6.39 Å². The third-order valence-electron chi connectivity index (χ3n) is 6.38. The lowest BCUT2D eigenvalue weighted by Gasteiger charge is -2.19. The number of aliphatic hydroxyl groups excluding tert-OH is 1. The molecule has 1 aliphatic heterocycles. The number of anilines is 3. The zero-order valence-corrected chi connectivity index (χ0v) is 19.9. The number of hydrogen-bond donors (Lipinski definition) is 3. The molecule has 3 aromatic heterocycles. The van der Waals surface area contributed by atoms with Gasteiger partial charge in [-0.25, -0.2) is 9.67 Å². The maximum atomic E-state index is 12.9. The third kappa shape index (κ3) is 4.15. The molecule has 3 N–H and O–H groups in total. The van der Waals surface area contributed by atoms with E-state index in [9.17, 15) is 9.90 Å². The van der Waals surface area contributed by atoms with Crippen molar-refractivity contribution in [1.82, 2.24) is 29.5 Å². The normalized spacial score (nSPS) is 15.5. The molecule has 2 atom stereocenters. The Hall–Kier alpha value is -4.77. The molecule has 0 fully saturated rings. The first-order valence-corrected chi connectivity index (χ1v) is 11.9. The van der Waals surface area contributed by atoms with Crippen LogP contribution in [0.3, 0.4) is 0 Å². The molecule has 0 radical (unpaired) electrons. The molecule has 6 rings (SSSR count). The number of aromatic nitrogens is 6. The van der Waals surface area contributed by atoms with E-state index >= 15 is 0 Å².